The quantitative estimate of drug-likeness (QED) is 0.756. The van der Waals surface area contributed by atoms with E-state index in [0.717, 1.165) is 18.4 Å². The Bertz CT molecular complexity index is 361. The summed E-state index contributed by atoms with van der Waals surface area (Å²) in [4.78, 5) is 11.7. The van der Waals surface area contributed by atoms with E-state index in [-0.39, 0.29) is 11.8 Å². The molecule has 2 atom stereocenters. The van der Waals surface area contributed by atoms with Gasteiger partial charge in [-0.2, -0.15) is 5.10 Å². The molecule has 1 aromatic heterocycles. The Morgan fingerprint density at radius 2 is 2.35 bits per heavy atom. The molecule has 1 amide bonds. The Morgan fingerprint density at radius 3 is 2.88 bits per heavy atom. The number of carbonyl (C=O) groups is 1. The van der Waals surface area contributed by atoms with Crippen molar-refractivity contribution in [3.63, 3.8) is 0 Å². The van der Waals surface area contributed by atoms with Crippen molar-refractivity contribution in [3.8, 4) is 0 Å². The number of aromatic nitrogens is 2. The highest BCUT2D eigenvalue weighted by atomic mass is 16.2. The number of aryl methyl sites for hydroxylation is 1. The maximum Gasteiger partial charge on any atom is 0.237 e. The average Bonchev–Trinajstić information content (AvgIpc) is 2.72. The Morgan fingerprint density at radius 1 is 1.65 bits per heavy atom. The lowest BCUT2D eigenvalue weighted by Gasteiger charge is -2.17. The summed E-state index contributed by atoms with van der Waals surface area (Å²) in [5.41, 5.74) is 6.94. The molecule has 5 nitrogen and oxygen atoms in total. The summed E-state index contributed by atoms with van der Waals surface area (Å²) < 4.78 is 1.75. The molecule has 0 aromatic carbocycles. The van der Waals surface area contributed by atoms with Crippen LogP contribution in [0.25, 0.3) is 0 Å². The van der Waals surface area contributed by atoms with Crippen LogP contribution in [0.15, 0.2) is 12.4 Å². The van der Waals surface area contributed by atoms with E-state index in [0.29, 0.717) is 6.54 Å². The van der Waals surface area contributed by atoms with Crippen molar-refractivity contribution in [1.82, 2.24) is 15.1 Å². The van der Waals surface area contributed by atoms with E-state index in [2.05, 4.69) is 10.4 Å². The molecule has 0 spiro atoms. The molecule has 17 heavy (non-hydrogen) atoms. The first-order valence-corrected chi connectivity index (χ1v) is 6.05. The highest BCUT2D eigenvalue weighted by Crippen LogP contribution is 2.05. The number of carbonyl (C=O) groups excluding carboxylic acids is 1. The second-order valence-corrected chi connectivity index (χ2v) is 4.47. The number of rotatable bonds is 6. The largest absolute Gasteiger partial charge is 0.354 e. The van der Waals surface area contributed by atoms with E-state index in [1.807, 2.05) is 27.1 Å². The smallest absolute Gasteiger partial charge is 0.237 e. The molecule has 0 saturated heterocycles. The molecule has 1 heterocycles. The van der Waals surface area contributed by atoms with E-state index in [1.54, 1.807) is 10.9 Å². The zero-order valence-electron chi connectivity index (χ0n) is 10.8. The van der Waals surface area contributed by atoms with E-state index < -0.39 is 6.04 Å². The summed E-state index contributed by atoms with van der Waals surface area (Å²) in [5.74, 6) is 0.150. The van der Waals surface area contributed by atoms with E-state index in [1.165, 1.54) is 0 Å². The first-order chi connectivity index (χ1) is 8.04. The summed E-state index contributed by atoms with van der Waals surface area (Å²) in [7, 11) is 1.88. The van der Waals surface area contributed by atoms with Crippen molar-refractivity contribution in [2.45, 2.75) is 32.7 Å². The van der Waals surface area contributed by atoms with Crippen molar-refractivity contribution in [1.29, 1.82) is 0 Å². The van der Waals surface area contributed by atoms with Crippen LogP contribution in [-0.4, -0.2) is 28.3 Å². The molecule has 0 aliphatic rings. The molecule has 0 aliphatic carbocycles. The van der Waals surface area contributed by atoms with Crippen LogP contribution in [0.3, 0.4) is 0 Å². The maximum atomic E-state index is 11.7. The molecular weight excluding hydrogens is 216 g/mol. The van der Waals surface area contributed by atoms with Gasteiger partial charge in [0.15, 0.2) is 0 Å². The Kier molecular flexibility index (Phi) is 5.15. The minimum Gasteiger partial charge on any atom is -0.354 e. The third-order valence-corrected chi connectivity index (χ3v) is 3.03. The van der Waals surface area contributed by atoms with Crippen LogP contribution in [-0.2, 0) is 18.3 Å². The van der Waals surface area contributed by atoms with Gasteiger partial charge in [-0.05, 0) is 17.9 Å². The second kappa shape index (κ2) is 6.39. The van der Waals surface area contributed by atoms with E-state index in [9.17, 15) is 4.79 Å². The molecule has 1 rings (SSSR count). The Labute approximate surface area is 102 Å². The fourth-order valence-electron chi connectivity index (χ4n) is 1.56. The highest BCUT2D eigenvalue weighted by molar-refractivity contribution is 5.81. The number of hydrogen-bond donors (Lipinski definition) is 2. The van der Waals surface area contributed by atoms with Crippen molar-refractivity contribution < 1.29 is 4.79 Å². The minimum absolute atomic E-state index is 0.0664. The highest BCUT2D eigenvalue weighted by Gasteiger charge is 2.18. The SMILES string of the molecule is CCC(C)[C@H](N)C(=O)NCCc1cnn(C)c1. The zero-order valence-corrected chi connectivity index (χ0v) is 10.8. The lowest BCUT2D eigenvalue weighted by molar-refractivity contribution is -0.123. The topological polar surface area (TPSA) is 72.9 Å². The van der Waals surface area contributed by atoms with Crippen LogP contribution < -0.4 is 11.1 Å². The van der Waals surface area contributed by atoms with Gasteiger partial charge in [-0.1, -0.05) is 20.3 Å². The number of hydrogen-bond acceptors (Lipinski definition) is 3. The lowest BCUT2D eigenvalue weighted by Crippen LogP contribution is -2.45. The summed E-state index contributed by atoms with van der Waals surface area (Å²) in [6.07, 6.45) is 5.45. The van der Waals surface area contributed by atoms with Crippen LogP contribution in [0.1, 0.15) is 25.8 Å². The monoisotopic (exact) mass is 238 g/mol. The van der Waals surface area contributed by atoms with Gasteiger partial charge in [-0.15, -0.1) is 0 Å². The summed E-state index contributed by atoms with van der Waals surface area (Å²) >= 11 is 0. The summed E-state index contributed by atoms with van der Waals surface area (Å²) in [6, 6.07) is -0.408. The van der Waals surface area contributed by atoms with Crippen LogP contribution in [0, 0.1) is 5.92 Å². The van der Waals surface area contributed by atoms with E-state index >= 15 is 0 Å². The van der Waals surface area contributed by atoms with Gasteiger partial charge >= 0.3 is 0 Å². The Balaban J connectivity index is 2.29. The van der Waals surface area contributed by atoms with E-state index in [4.69, 9.17) is 5.73 Å². The van der Waals surface area contributed by atoms with Crippen LogP contribution in [0.2, 0.25) is 0 Å². The molecule has 3 N–H and O–H groups in total. The molecule has 1 aromatic rings. The molecule has 0 saturated carbocycles. The van der Waals surface area contributed by atoms with Crippen LogP contribution in [0.4, 0.5) is 0 Å². The van der Waals surface area contributed by atoms with Crippen molar-refractivity contribution >= 4 is 5.91 Å². The fourth-order valence-corrected chi connectivity index (χ4v) is 1.56. The molecule has 0 aliphatic heterocycles. The maximum absolute atomic E-state index is 11.7. The predicted molar refractivity (Wildman–Crippen MR) is 67.4 cm³/mol. The second-order valence-electron chi connectivity index (χ2n) is 4.47. The summed E-state index contributed by atoms with van der Waals surface area (Å²) in [6.45, 7) is 4.63. The van der Waals surface area contributed by atoms with Crippen LogP contribution in [0.5, 0.6) is 0 Å². The van der Waals surface area contributed by atoms with Crippen molar-refractivity contribution in [2.75, 3.05) is 6.54 Å². The molecule has 0 radical (unpaired) electrons. The molecule has 1 unspecified atom stereocenters. The third-order valence-electron chi connectivity index (χ3n) is 3.03. The van der Waals surface area contributed by atoms with Crippen molar-refractivity contribution in [2.24, 2.45) is 18.7 Å². The Hall–Kier alpha value is -1.36. The molecule has 0 bridgehead atoms. The van der Waals surface area contributed by atoms with Gasteiger partial charge in [0.2, 0.25) is 5.91 Å². The normalized spacial score (nSPS) is 14.4. The molecular formula is C12H22N4O. The number of nitrogens with two attached hydrogens (primary N) is 1. The average molecular weight is 238 g/mol. The third kappa shape index (κ3) is 4.19. The van der Waals surface area contributed by atoms with Gasteiger partial charge in [-0.3, -0.25) is 9.48 Å². The fraction of sp³-hybridized carbons (Fsp3) is 0.667. The lowest BCUT2D eigenvalue weighted by atomic mass is 9.99. The molecule has 96 valence electrons. The number of amides is 1. The minimum atomic E-state index is -0.408. The van der Waals surface area contributed by atoms with Gasteiger partial charge < -0.3 is 11.1 Å². The van der Waals surface area contributed by atoms with Gasteiger partial charge in [0.1, 0.15) is 0 Å². The standard InChI is InChI=1S/C12H22N4O/c1-4-9(2)11(13)12(17)14-6-5-10-7-15-16(3)8-10/h7-9,11H,4-6,13H2,1-3H3,(H,14,17)/t9?,11-/m0/s1. The summed E-state index contributed by atoms with van der Waals surface area (Å²) in [5, 5.41) is 6.92. The van der Waals surface area contributed by atoms with Gasteiger partial charge in [0, 0.05) is 19.8 Å². The number of nitrogens with one attached hydrogen (secondary N) is 1. The van der Waals surface area contributed by atoms with Gasteiger partial charge in [-0.25, -0.2) is 0 Å². The zero-order chi connectivity index (χ0) is 12.8. The first-order valence-electron chi connectivity index (χ1n) is 6.05. The molecule has 0 fully saturated rings. The van der Waals surface area contributed by atoms with Crippen LogP contribution >= 0.6 is 0 Å². The predicted octanol–water partition coefficient (Wildman–Crippen LogP) is 0.452. The first kappa shape index (κ1) is 13.7. The van der Waals surface area contributed by atoms with Crippen molar-refractivity contribution in [3.05, 3.63) is 18.0 Å². The van der Waals surface area contributed by atoms with Gasteiger partial charge in [0.05, 0.1) is 12.2 Å². The van der Waals surface area contributed by atoms with Gasteiger partial charge in [0.25, 0.3) is 0 Å². The molecule has 5 heteroatoms. The number of nitrogens with zero attached hydrogens (tertiary/aromatic N) is 2.